The number of furan rings is 1. The molecule has 9 heteroatoms. The van der Waals surface area contributed by atoms with Gasteiger partial charge < -0.3 is 20.4 Å². The fourth-order valence-corrected chi connectivity index (χ4v) is 3.15. The Morgan fingerprint density at radius 1 is 1.03 bits per heavy atom. The van der Waals surface area contributed by atoms with Crippen LogP contribution in [0.5, 0.6) is 0 Å². The summed E-state index contributed by atoms with van der Waals surface area (Å²) in [6.45, 7) is 1.76. The third-order valence-corrected chi connectivity index (χ3v) is 4.93. The van der Waals surface area contributed by atoms with Gasteiger partial charge in [0, 0.05) is 16.8 Å². The summed E-state index contributed by atoms with van der Waals surface area (Å²) in [7, 11) is 0. The van der Waals surface area contributed by atoms with Gasteiger partial charge in [-0.2, -0.15) is 5.26 Å². The van der Waals surface area contributed by atoms with Crippen LogP contribution in [0.1, 0.15) is 30.0 Å². The van der Waals surface area contributed by atoms with Gasteiger partial charge in [-0.3, -0.25) is 14.4 Å². The van der Waals surface area contributed by atoms with Crippen LogP contribution in [0, 0.1) is 11.3 Å². The SMILES string of the molecule is C[C@@H](NC(=O)/C(C#N)=C\c1ccc(CNC(=O)C(=O)Nc2cccc(Cl)c2)o1)c1ccccc1. The molecule has 3 aromatic rings. The molecule has 0 spiro atoms. The maximum absolute atomic E-state index is 12.5. The zero-order chi connectivity index (χ0) is 24.5. The van der Waals surface area contributed by atoms with Crippen LogP contribution < -0.4 is 16.0 Å². The number of anilines is 1. The van der Waals surface area contributed by atoms with E-state index in [1.165, 1.54) is 12.1 Å². The van der Waals surface area contributed by atoms with Gasteiger partial charge in [0.15, 0.2) is 0 Å². The van der Waals surface area contributed by atoms with E-state index < -0.39 is 17.7 Å². The minimum atomic E-state index is -0.861. The number of hydrogen-bond donors (Lipinski definition) is 3. The predicted molar refractivity (Wildman–Crippen MR) is 127 cm³/mol. The first kappa shape index (κ1) is 24.3. The van der Waals surface area contributed by atoms with Crippen molar-refractivity contribution in [3.8, 4) is 6.07 Å². The van der Waals surface area contributed by atoms with E-state index in [9.17, 15) is 19.6 Å². The van der Waals surface area contributed by atoms with E-state index in [-0.39, 0.29) is 23.9 Å². The average molecular weight is 477 g/mol. The van der Waals surface area contributed by atoms with Crippen LogP contribution in [0.3, 0.4) is 0 Å². The van der Waals surface area contributed by atoms with E-state index in [1.54, 1.807) is 30.3 Å². The molecular weight excluding hydrogens is 456 g/mol. The van der Waals surface area contributed by atoms with Gasteiger partial charge in [-0.05, 0) is 42.8 Å². The molecule has 0 unspecified atom stereocenters. The largest absolute Gasteiger partial charge is 0.460 e. The number of carbonyl (C=O) groups excluding carboxylic acids is 3. The fourth-order valence-electron chi connectivity index (χ4n) is 2.96. The third kappa shape index (κ3) is 6.82. The number of benzene rings is 2. The van der Waals surface area contributed by atoms with Crippen LogP contribution in [0.2, 0.25) is 5.02 Å². The van der Waals surface area contributed by atoms with Gasteiger partial charge in [-0.15, -0.1) is 0 Å². The van der Waals surface area contributed by atoms with Gasteiger partial charge in [0.05, 0.1) is 12.6 Å². The first-order valence-corrected chi connectivity index (χ1v) is 10.6. The lowest BCUT2D eigenvalue weighted by atomic mass is 10.1. The predicted octanol–water partition coefficient (Wildman–Crippen LogP) is 3.97. The Morgan fingerprint density at radius 2 is 1.79 bits per heavy atom. The molecule has 0 aliphatic carbocycles. The highest BCUT2D eigenvalue weighted by atomic mass is 35.5. The molecule has 2 aromatic carbocycles. The molecule has 1 atom stereocenters. The van der Waals surface area contributed by atoms with Crippen molar-refractivity contribution < 1.29 is 18.8 Å². The molecule has 0 radical (unpaired) electrons. The van der Waals surface area contributed by atoms with Crippen molar-refractivity contribution in [1.29, 1.82) is 5.26 Å². The molecule has 172 valence electrons. The van der Waals surface area contributed by atoms with Gasteiger partial charge in [0.2, 0.25) is 0 Å². The summed E-state index contributed by atoms with van der Waals surface area (Å²) >= 11 is 5.86. The van der Waals surface area contributed by atoms with Crippen molar-refractivity contribution in [3.63, 3.8) is 0 Å². The summed E-state index contributed by atoms with van der Waals surface area (Å²) in [5.74, 6) is -1.66. The zero-order valence-corrected chi connectivity index (χ0v) is 18.9. The minimum absolute atomic E-state index is 0.0608. The Morgan fingerprint density at radius 3 is 2.50 bits per heavy atom. The lowest BCUT2D eigenvalue weighted by Gasteiger charge is -2.13. The molecule has 3 rings (SSSR count). The van der Waals surface area contributed by atoms with Crippen molar-refractivity contribution in [2.75, 3.05) is 5.32 Å². The van der Waals surface area contributed by atoms with Crippen molar-refractivity contribution >= 4 is 41.1 Å². The smallest absolute Gasteiger partial charge is 0.313 e. The summed E-state index contributed by atoms with van der Waals surface area (Å²) in [4.78, 5) is 36.5. The van der Waals surface area contributed by atoms with E-state index in [4.69, 9.17) is 16.0 Å². The van der Waals surface area contributed by atoms with Crippen LogP contribution >= 0.6 is 11.6 Å². The van der Waals surface area contributed by atoms with E-state index in [2.05, 4.69) is 16.0 Å². The van der Waals surface area contributed by atoms with Crippen molar-refractivity contribution in [1.82, 2.24) is 10.6 Å². The summed E-state index contributed by atoms with van der Waals surface area (Å²) < 4.78 is 5.55. The minimum Gasteiger partial charge on any atom is -0.460 e. The van der Waals surface area contributed by atoms with E-state index in [1.807, 2.05) is 43.3 Å². The Balaban J connectivity index is 1.56. The Labute approximate surface area is 201 Å². The molecule has 0 fully saturated rings. The van der Waals surface area contributed by atoms with Crippen LogP contribution in [0.15, 0.2) is 76.7 Å². The van der Waals surface area contributed by atoms with Crippen molar-refractivity contribution in [3.05, 3.63) is 94.4 Å². The number of halogens is 1. The zero-order valence-electron chi connectivity index (χ0n) is 18.2. The number of nitrogens with zero attached hydrogens (tertiary/aromatic N) is 1. The first-order chi connectivity index (χ1) is 16.4. The summed E-state index contributed by atoms with van der Waals surface area (Å²) in [6, 6.07) is 20.5. The lowest BCUT2D eigenvalue weighted by Crippen LogP contribution is -2.34. The monoisotopic (exact) mass is 476 g/mol. The molecular formula is C25H21ClN4O4. The molecule has 8 nitrogen and oxygen atoms in total. The molecule has 34 heavy (non-hydrogen) atoms. The Bertz CT molecular complexity index is 1260. The number of nitriles is 1. The van der Waals surface area contributed by atoms with Crippen LogP contribution in [-0.2, 0) is 20.9 Å². The molecule has 0 bridgehead atoms. The second-order valence-electron chi connectivity index (χ2n) is 7.23. The number of rotatable bonds is 7. The Hall–Kier alpha value is -4.35. The third-order valence-electron chi connectivity index (χ3n) is 4.69. The maximum Gasteiger partial charge on any atom is 0.313 e. The molecule has 0 aliphatic heterocycles. The first-order valence-electron chi connectivity index (χ1n) is 10.3. The number of amides is 3. The second-order valence-corrected chi connectivity index (χ2v) is 7.66. The summed E-state index contributed by atoms with van der Waals surface area (Å²) in [5, 5.41) is 17.5. The number of hydrogen-bond acceptors (Lipinski definition) is 5. The van der Waals surface area contributed by atoms with Crippen molar-refractivity contribution in [2.45, 2.75) is 19.5 Å². The maximum atomic E-state index is 12.5. The lowest BCUT2D eigenvalue weighted by molar-refractivity contribution is -0.136. The quantitative estimate of drug-likeness (QED) is 0.270. The molecule has 1 aromatic heterocycles. The van der Waals surface area contributed by atoms with Gasteiger partial charge in [0.25, 0.3) is 5.91 Å². The molecule has 0 aliphatic rings. The molecule has 3 N–H and O–H groups in total. The molecule has 0 saturated carbocycles. The standard InChI is InChI=1S/C25H21ClN4O4/c1-16(17-6-3-2-4-7-17)29-23(31)18(14-27)12-21-10-11-22(34-21)15-28-24(32)25(33)30-20-9-5-8-19(26)13-20/h2-13,16H,15H2,1H3,(H,28,32)(H,29,31)(H,30,33)/b18-12-/t16-/m1/s1. The van der Waals surface area contributed by atoms with Crippen LogP contribution in [0.4, 0.5) is 5.69 Å². The molecule has 1 heterocycles. The van der Waals surface area contributed by atoms with Crippen LogP contribution in [-0.4, -0.2) is 17.7 Å². The van der Waals surface area contributed by atoms with Gasteiger partial charge in [-0.1, -0.05) is 48.0 Å². The Kier molecular flexibility index (Phi) is 8.21. The summed E-state index contributed by atoms with van der Waals surface area (Å²) in [5.41, 5.74) is 1.17. The van der Waals surface area contributed by atoms with Gasteiger partial charge in [0.1, 0.15) is 23.2 Å². The van der Waals surface area contributed by atoms with Crippen LogP contribution in [0.25, 0.3) is 6.08 Å². The van der Waals surface area contributed by atoms with E-state index in [0.717, 1.165) is 5.56 Å². The van der Waals surface area contributed by atoms with E-state index in [0.29, 0.717) is 16.5 Å². The molecule has 0 saturated heterocycles. The van der Waals surface area contributed by atoms with Gasteiger partial charge >= 0.3 is 11.8 Å². The van der Waals surface area contributed by atoms with Gasteiger partial charge in [-0.25, -0.2) is 0 Å². The molecule has 3 amide bonds. The normalized spacial score (nSPS) is 11.7. The summed E-state index contributed by atoms with van der Waals surface area (Å²) in [6.07, 6.45) is 1.31. The number of carbonyl (C=O) groups is 3. The highest BCUT2D eigenvalue weighted by Crippen LogP contribution is 2.16. The average Bonchev–Trinajstić information content (AvgIpc) is 3.28. The highest BCUT2D eigenvalue weighted by Gasteiger charge is 2.16. The highest BCUT2D eigenvalue weighted by molar-refractivity contribution is 6.39. The topological polar surface area (TPSA) is 124 Å². The fraction of sp³-hybridized carbons (Fsp3) is 0.120. The van der Waals surface area contributed by atoms with E-state index >= 15 is 0 Å². The number of nitrogens with one attached hydrogen (secondary N) is 3. The second kappa shape index (κ2) is 11.5. The van der Waals surface area contributed by atoms with Crippen molar-refractivity contribution in [2.24, 2.45) is 0 Å².